The maximum Gasteiger partial charge on any atom is 0.124 e. The molecule has 5 heteroatoms. The van der Waals surface area contributed by atoms with Gasteiger partial charge < -0.3 is 4.79 Å². The van der Waals surface area contributed by atoms with Gasteiger partial charge in [-0.3, -0.25) is 0 Å². The van der Waals surface area contributed by atoms with Crippen molar-refractivity contribution in [1.82, 2.24) is 0 Å². The van der Waals surface area contributed by atoms with Gasteiger partial charge in [-0.15, -0.1) is 0 Å². The quantitative estimate of drug-likeness (QED) is 0.657. The molecule has 0 spiro atoms. The summed E-state index contributed by atoms with van der Waals surface area (Å²) >= 11 is 24.5. The monoisotopic (exact) mass is 332 g/mol. The molecule has 98 valence electrons. The van der Waals surface area contributed by atoms with Gasteiger partial charge in [0.05, 0.1) is 15.1 Å². The minimum absolute atomic E-state index is 0.246. The molecule has 0 saturated carbocycles. The summed E-state index contributed by atoms with van der Waals surface area (Å²) in [6, 6.07) is 8.61. The molecule has 0 radical (unpaired) electrons. The van der Waals surface area contributed by atoms with Crippen LogP contribution >= 0.6 is 46.4 Å². The zero-order chi connectivity index (χ0) is 14.0. The van der Waals surface area contributed by atoms with Gasteiger partial charge in [0, 0.05) is 22.6 Å². The first-order chi connectivity index (χ1) is 9.04. The fourth-order valence-corrected chi connectivity index (χ4v) is 3.14. The maximum atomic E-state index is 10.6. The van der Waals surface area contributed by atoms with E-state index in [0.717, 1.165) is 11.8 Å². The zero-order valence-electron chi connectivity index (χ0n) is 9.59. The second-order valence-corrected chi connectivity index (χ2v) is 5.52. The average molecular weight is 334 g/mol. The van der Waals surface area contributed by atoms with E-state index in [1.54, 1.807) is 30.3 Å². The largest absolute Gasteiger partial charge is 0.303 e. The van der Waals surface area contributed by atoms with Crippen molar-refractivity contribution in [2.75, 3.05) is 0 Å². The Hall–Kier alpha value is -0.730. The number of halogens is 4. The van der Waals surface area contributed by atoms with Gasteiger partial charge in [-0.05, 0) is 17.7 Å². The van der Waals surface area contributed by atoms with Crippen molar-refractivity contribution in [3.05, 3.63) is 56.0 Å². The number of rotatable bonds is 3. The van der Waals surface area contributed by atoms with Crippen LogP contribution in [-0.4, -0.2) is 6.29 Å². The van der Waals surface area contributed by atoms with E-state index in [-0.39, 0.29) is 6.42 Å². The molecule has 2 rings (SSSR count). The molecule has 0 bridgehead atoms. The molecule has 0 saturated heterocycles. The predicted octanol–water partition coefficient (Wildman–Crippen LogP) is 5.71. The molecule has 0 heterocycles. The Morgan fingerprint density at radius 1 is 1.00 bits per heavy atom. The van der Waals surface area contributed by atoms with Crippen LogP contribution in [0.25, 0.3) is 11.1 Å². The lowest BCUT2D eigenvalue weighted by Crippen LogP contribution is -1.91. The average Bonchev–Trinajstić information content (AvgIpc) is 2.32. The minimum Gasteiger partial charge on any atom is -0.303 e. The second-order valence-electron chi connectivity index (χ2n) is 3.89. The van der Waals surface area contributed by atoms with Crippen LogP contribution in [0.3, 0.4) is 0 Å². The van der Waals surface area contributed by atoms with Gasteiger partial charge in [-0.2, -0.15) is 0 Å². The number of hydrogen-bond donors (Lipinski definition) is 0. The summed E-state index contributed by atoms with van der Waals surface area (Å²) in [6.07, 6.45) is 1.05. The molecule has 0 aromatic heterocycles. The number of aldehydes is 1. The van der Waals surface area contributed by atoms with Gasteiger partial charge in [0.15, 0.2) is 0 Å². The van der Waals surface area contributed by atoms with Gasteiger partial charge >= 0.3 is 0 Å². The molecule has 2 aromatic carbocycles. The van der Waals surface area contributed by atoms with Crippen LogP contribution in [0, 0.1) is 0 Å². The van der Waals surface area contributed by atoms with Gasteiger partial charge in [0.1, 0.15) is 6.29 Å². The normalized spacial score (nSPS) is 10.5. The Morgan fingerprint density at radius 2 is 1.63 bits per heavy atom. The summed E-state index contributed by atoms with van der Waals surface area (Å²) in [6.45, 7) is 0. The van der Waals surface area contributed by atoms with Gasteiger partial charge in [-0.1, -0.05) is 64.6 Å². The molecule has 0 amide bonds. The third-order valence-electron chi connectivity index (χ3n) is 2.66. The SMILES string of the molecule is O=CCc1cccc(-c2c(Cl)cc(Cl)cc2Cl)c1Cl. The summed E-state index contributed by atoms with van der Waals surface area (Å²) in [4.78, 5) is 10.6. The van der Waals surface area contributed by atoms with E-state index in [2.05, 4.69) is 0 Å². The molecule has 0 atom stereocenters. The van der Waals surface area contributed by atoms with E-state index in [9.17, 15) is 4.79 Å². The Morgan fingerprint density at radius 3 is 2.21 bits per heavy atom. The summed E-state index contributed by atoms with van der Waals surface area (Å²) in [5.41, 5.74) is 2.04. The molecule has 0 aliphatic carbocycles. The molecule has 2 aromatic rings. The van der Waals surface area contributed by atoms with Crippen LogP contribution in [0.4, 0.5) is 0 Å². The lowest BCUT2D eigenvalue weighted by Gasteiger charge is -2.12. The molecule has 0 fully saturated rings. The molecule has 0 unspecified atom stereocenters. The van der Waals surface area contributed by atoms with Gasteiger partial charge in [-0.25, -0.2) is 0 Å². The van der Waals surface area contributed by atoms with Crippen molar-refractivity contribution in [3.63, 3.8) is 0 Å². The standard InChI is InChI=1S/C14H8Cl4O/c15-9-6-11(16)13(12(17)7-9)10-3-1-2-8(4-5-19)14(10)18/h1-3,5-7H,4H2. The molecule has 1 nitrogen and oxygen atoms in total. The summed E-state index contributed by atoms with van der Waals surface area (Å²) in [5.74, 6) is 0. The highest BCUT2D eigenvalue weighted by atomic mass is 35.5. The highest BCUT2D eigenvalue weighted by Crippen LogP contribution is 2.41. The molecule has 0 aliphatic heterocycles. The first-order valence-corrected chi connectivity index (χ1v) is 6.91. The third kappa shape index (κ3) is 3.06. The third-order valence-corrected chi connectivity index (χ3v) is 3.92. The number of carbonyl (C=O) groups excluding carboxylic acids is 1. The van der Waals surface area contributed by atoms with Crippen LogP contribution < -0.4 is 0 Å². The summed E-state index contributed by atoms with van der Waals surface area (Å²) in [5, 5.41) is 1.77. The molecule has 19 heavy (non-hydrogen) atoms. The lowest BCUT2D eigenvalue weighted by atomic mass is 10.0. The van der Waals surface area contributed by atoms with Crippen molar-refractivity contribution >= 4 is 52.7 Å². The molecule has 0 N–H and O–H groups in total. The van der Waals surface area contributed by atoms with E-state index in [0.29, 0.717) is 31.2 Å². The van der Waals surface area contributed by atoms with E-state index in [4.69, 9.17) is 46.4 Å². The van der Waals surface area contributed by atoms with Crippen molar-refractivity contribution in [2.45, 2.75) is 6.42 Å². The topological polar surface area (TPSA) is 17.1 Å². The number of carbonyl (C=O) groups is 1. The van der Waals surface area contributed by atoms with Crippen LogP contribution in [0.15, 0.2) is 30.3 Å². The Labute approximate surface area is 131 Å². The van der Waals surface area contributed by atoms with Crippen molar-refractivity contribution < 1.29 is 4.79 Å². The van der Waals surface area contributed by atoms with E-state index in [1.807, 2.05) is 0 Å². The van der Waals surface area contributed by atoms with E-state index in [1.165, 1.54) is 0 Å². The fraction of sp³-hybridized carbons (Fsp3) is 0.0714. The minimum atomic E-state index is 0.246. The molecular weight excluding hydrogens is 326 g/mol. The van der Waals surface area contributed by atoms with Gasteiger partial charge in [0.2, 0.25) is 0 Å². The van der Waals surface area contributed by atoms with Crippen LogP contribution in [0.5, 0.6) is 0 Å². The van der Waals surface area contributed by atoms with Crippen LogP contribution in [0.1, 0.15) is 5.56 Å². The highest BCUT2D eigenvalue weighted by molar-refractivity contribution is 6.43. The van der Waals surface area contributed by atoms with Crippen LogP contribution in [0.2, 0.25) is 20.1 Å². The smallest absolute Gasteiger partial charge is 0.124 e. The Bertz CT molecular complexity index is 614. The van der Waals surface area contributed by atoms with Crippen molar-refractivity contribution in [3.8, 4) is 11.1 Å². The molecular formula is C14H8Cl4O. The number of benzene rings is 2. The fourth-order valence-electron chi connectivity index (χ4n) is 1.82. The second kappa shape index (κ2) is 6.15. The number of hydrogen-bond acceptors (Lipinski definition) is 1. The summed E-state index contributed by atoms with van der Waals surface area (Å²) in [7, 11) is 0. The Kier molecular flexibility index (Phi) is 4.75. The Balaban J connectivity index is 2.66. The first-order valence-electron chi connectivity index (χ1n) is 5.40. The maximum absolute atomic E-state index is 10.6. The van der Waals surface area contributed by atoms with Crippen molar-refractivity contribution in [1.29, 1.82) is 0 Å². The van der Waals surface area contributed by atoms with Crippen molar-refractivity contribution in [2.24, 2.45) is 0 Å². The zero-order valence-corrected chi connectivity index (χ0v) is 12.6. The van der Waals surface area contributed by atoms with E-state index >= 15 is 0 Å². The van der Waals surface area contributed by atoms with E-state index < -0.39 is 0 Å². The van der Waals surface area contributed by atoms with Gasteiger partial charge in [0.25, 0.3) is 0 Å². The van der Waals surface area contributed by atoms with Crippen LogP contribution in [-0.2, 0) is 11.2 Å². The molecule has 0 aliphatic rings. The first kappa shape index (κ1) is 14.7. The summed E-state index contributed by atoms with van der Waals surface area (Å²) < 4.78 is 0. The lowest BCUT2D eigenvalue weighted by molar-refractivity contribution is -0.107. The predicted molar refractivity (Wildman–Crippen MR) is 81.7 cm³/mol. The highest BCUT2D eigenvalue weighted by Gasteiger charge is 2.15.